The van der Waals surface area contributed by atoms with E-state index in [0.29, 0.717) is 53.7 Å². The summed E-state index contributed by atoms with van der Waals surface area (Å²) in [6.45, 7) is 6.09. The van der Waals surface area contributed by atoms with Crippen LogP contribution >= 0.6 is 0 Å². The summed E-state index contributed by atoms with van der Waals surface area (Å²) in [5.41, 5.74) is -3.26. The monoisotopic (exact) mass is 1000 g/mol. The molecular formula is C50H68F5N9O7. The number of benzene rings is 1. The zero-order valence-corrected chi connectivity index (χ0v) is 41.6. The van der Waals surface area contributed by atoms with Crippen molar-refractivity contribution in [2.45, 2.75) is 159 Å². The molecule has 71 heavy (non-hydrogen) atoms. The lowest BCUT2D eigenvalue weighted by Crippen LogP contribution is -2.66. The van der Waals surface area contributed by atoms with Crippen LogP contribution in [0.15, 0.2) is 30.6 Å². The molecule has 1 aromatic heterocycles. The molecule has 1 spiro atoms. The second-order valence-electron chi connectivity index (χ2n) is 21.8. The zero-order chi connectivity index (χ0) is 52.0. The number of alkyl halides is 4. The van der Waals surface area contributed by atoms with Gasteiger partial charge in [-0.1, -0.05) is 26.3 Å². The molecule has 2 aliphatic heterocycles. The Morgan fingerprint density at radius 3 is 2.27 bits per heavy atom. The SMILES string of the molecule is CC(C)C[C@@H]1NC(=O)[C@@H](N(C)C(=O)[C@@H](NC(=O)[C@@H]2C[C@@H](F)CN2C(=O)C2(C(F)(F)F)CC3(CCC3)C2)C2CC2)CCCCNC(=O)C(C)(C)NC(=O)[C@H](Cc2cc(F)ccc2-c2cnn(C)c2)N(C)C1=O. The number of aromatic nitrogens is 2. The maximum Gasteiger partial charge on any atom is 0.403 e. The zero-order valence-electron chi connectivity index (χ0n) is 41.6. The summed E-state index contributed by atoms with van der Waals surface area (Å²) in [5, 5.41) is 15.3. The van der Waals surface area contributed by atoms with Gasteiger partial charge in [0.25, 0.3) is 0 Å². The highest BCUT2D eigenvalue weighted by molar-refractivity contribution is 5.98. The molecule has 3 saturated carbocycles. The molecule has 1 aromatic carbocycles. The van der Waals surface area contributed by atoms with Gasteiger partial charge >= 0.3 is 6.18 Å². The molecule has 3 aliphatic carbocycles. The van der Waals surface area contributed by atoms with Crippen LogP contribution in [0.4, 0.5) is 22.0 Å². The molecule has 21 heteroatoms. The molecule has 5 fully saturated rings. The first-order valence-electron chi connectivity index (χ1n) is 24.8. The molecule has 0 radical (unpaired) electrons. The van der Waals surface area contributed by atoms with Crippen LogP contribution in [0.1, 0.15) is 110 Å². The minimum Gasteiger partial charge on any atom is -0.354 e. The van der Waals surface area contributed by atoms with Gasteiger partial charge in [-0.05, 0) is 119 Å². The summed E-state index contributed by atoms with van der Waals surface area (Å²) in [6.07, 6.45) is -1.40. The van der Waals surface area contributed by atoms with Crippen LogP contribution in [-0.4, -0.2) is 141 Å². The fraction of sp³-hybridized carbons (Fsp3) is 0.680. The molecule has 4 N–H and O–H groups in total. The lowest BCUT2D eigenvalue weighted by Gasteiger charge is -2.60. The molecule has 7 amide bonds. The Balaban J connectivity index is 1.14. The van der Waals surface area contributed by atoms with Crippen LogP contribution in [0.5, 0.6) is 0 Å². The molecule has 5 aliphatic rings. The van der Waals surface area contributed by atoms with Crippen molar-refractivity contribution in [2.75, 3.05) is 27.2 Å². The number of aryl methyl sites for hydroxylation is 1. The first-order valence-corrected chi connectivity index (χ1v) is 24.8. The number of amides is 7. The van der Waals surface area contributed by atoms with Crippen LogP contribution < -0.4 is 21.3 Å². The Bertz CT molecular complexity index is 2380. The van der Waals surface area contributed by atoms with Gasteiger partial charge in [0, 0.05) is 52.3 Å². The smallest absolute Gasteiger partial charge is 0.354 e. The molecule has 390 valence electrons. The molecule has 16 nitrogen and oxygen atoms in total. The van der Waals surface area contributed by atoms with Crippen molar-refractivity contribution in [3.8, 4) is 11.1 Å². The van der Waals surface area contributed by atoms with Crippen molar-refractivity contribution >= 4 is 41.4 Å². The summed E-state index contributed by atoms with van der Waals surface area (Å²) < 4.78 is 75.8. The number of halogens is 5. The number of hydrogen-bond acceptors (Lipinski definition) is 8. The van der Waals surface area contributed by atoms with Crippen LogP contribution in [0.2, 0.25) is 0 Å². The van der Waals surface area contributed by atoms with Crippen molar-refractivity contribution in [2.24, 2.45) is 29.7 Å². The van der Waals surface area contributed by atoms with Crippen molar-refractivity contribution in [1.82, 2.24) is 45.7 Å². The van der Waals surface area contributed by atoms with Gasteiger partial charge < -0.3 is 36.0 Å². The van der Waals surface area contributed by atoms with E-state index in [4.69, 9.17) is 0 Å². The number of nitrogens with one attached hydrogen (secondary N) is 4. The molecule has 3 heterocycles. The molecule has 7 rings (SSSR count). The summed E-state index contributed by atoms with van der Waals surface area (Å²) in [4.78, 5) is 103. The van der Waals surface area contributed by atoms with E-state index in [0.717, 1.165) is 16.2 Å². The summed E-state index contributed by atoms with van der Waals surface area (Å²) in [7, 11) is 4.46. The van der Waals surface area contributed by atoms with Crippen LogP contribution in [0.25, 0.3) is 11.1 Å². The number of carbonyl (C=O) groups excluding carboxylic acids is 7. The van der Waals surface area contributed by atoms with E-state index in [-0.39, 0.29) is 38.1 Å². The number of hydrogen-bond donors (Lipinski definition) is 4. The first kappa shape index (κ1) is 53.2. The molecule has 2 saturated heterocycles. The minimum absolute atomic E-state index is 0.0304. The molecule has 2 aromatic rings. The third-order valence-corrected chi connectivity index (χ3v) is 15.4. The molecule has 0 bridgehead atoms. The average Bonchev–Trinajstić information content (AvgIpc) is 3.89. The highest BCUT2D eigenvalue weighted by Gasteiger charge is 2.74. The fourth-order valence-electron chi connectivity index (χ4n) is 11.1. The second-order valence-corrected chi connectivity index (χ2v) is 21.8. The molecule has 6 atom stereocenters. The number of likely N-dealkylation sites (tertiary alicyclic amines) is 1. The number of rotatable bonds is 11. The van der Waals surface area contributed by atoms with E-state index in [1.165, 1.54) is 40.1 Å². The van der Waals surface area contributed by atoms with Crippen LogP contribution in [0, 0.1) is 28.5 Å². The Kier molecular flexibility index (Phi) is 15.3. The van der Waals surface area contributed by atoms with Gasteiger partial charge in [-0.2, -0.15) is 18.3 Å². The summed E-state index contributed by atoms with van der Waals surface area (Å²) >= 11 is 0. The third-order valence-electron chi connectivity index (χ3n) is 15.4. The van der Waals surface area contributed by atoms with Gasteiger partial charge in [0.1, 0.15) is 53.2 Å². The van der Waals surface area contributed by atoms with Gasteiger partial charge in [0.2, 0.25) is 41.4 Å². The quantitative estimate of drug-likeness (QED) is 0.237. The van der Waals surface area contributed by atoms with Gasteiger partial charge in [0.15, 0.2) is 0 Å². The lowest BCUT2D eigenvalue weighted by atomic mass is 9.44. The Morgan fingerprint density at radius 1 is 0.986 bits per heavy atom. The fourth-order valence-corrected chi connectivity index (χ4v) is 11.1. The average molecular weight is 1000 g/mol. The number of carbonyl (C=O) groups is 7. The van der Waals surface area contributed by atoms with Gasteiger partial charge in [-0.15, -0.1) is 0 Å². The Hall–Kier alpha value is -5.63. The van der Waals surface area contributed by atoms with E-state index in [1.807, 2.05) is 13.8 Å². The predicted molar refractivity (Wildman–Crippen MR) is 250 cm³/mol. The van der Waals surface area contributed by atoms with Crippen LogP contribution in [-0.2, 0) is 47.0 Å². The van der Waals surface area contributed by atoms with Crippen molar-refractivity contribution in [3.05, 3.63) is 42.0 Å². The minimum atomic E-state index is -4.92. The van der Waals surface area contributed by atoms with Crippen molar-refractivity contribution in [3.63, 3.8) is 0 Å². The van der Waals surface area contributed by atoms with Crippen LogP contribution in [0.3, 0.4) is 0 Å². The summed E-state index contributed by atoms with van der Waals surface area (Å²) in [6, 6.07) is -2.68. The third kappa shape index (κ3) is 11.2. The van der Waals surface area contributed by atoms with E-state index in [2.05, 4.69) is 26.4 Å². The molecular weight excluding hydrogens is 934 g/mol. The van der Waals surface area contributed by atoms with Crippen molar-refractivity contribution in [1.29, 1.82) is 0 Å². The van der Waals surface area contributed by atoms with Crippen molar-refractivity contribution < 1.29 is 55.5 Å². The van der Waals surface area contributed by atoms with E-state index >= 15 is 4.39 Å². The second kappa shape index (κ2) is 20.5. The van der Waals surface area contributed by atoms with E-state index in [9.17, 15) is 51.1 Å². The largest absolute Gasteiger partial charge is 0.403 e. The number of nitrogens with zero attached hydrogens (tertiary/aromatic N) is 5. The molecule has 0 unspecified atom stereocenters. The lowest BCUT2D eigenvalue weighted by molar-refractivity contribution is -0.285. The highest BCUT2D eigenvalue weighted by Crippen LogP contribution is 2.69. The highest BCUT2D eigenvalue weighted by atomic mass is 19.4. The first-order chi connectivity index (χ1) is 33.3. The Labute approximate surface area is 410 Å². The summed E-state index contributed by atoms with van der Waals surface area (Å²) in [5.74, 6) is -6.90. The topological polar surface area (TPSA) is 195 Å². The normalized spacial score (nSPS) is 26.5. The van der Waals surface area contributed by atoms with Gasteiger partial charge in [0.05, 0.1) is 12.7 Å². The maximum atomic E-state index is 15.1. The Morgan fingerprint density at radius 2 is 1.68 bits per heavy atom. The van der Waals surface area contributed by atoms with E-state index < -0.39 is 138 Å². The van der Waals surface area contributed by atoms with Gasteiger partial charge in [-0.3, -0.25) is 38.2 Å². The maximum absolute atomic E-state index is 15.1. The van der Waals surface area contributed by atoms with Gasteiger partial charge in [-0.25, -0.2) is 8.78 Å². The predicted octanol–water partition coefficient (Wildman–Crippen LogP) is 4.50. The number of likely N-dealkylation sites (N-methyl/N-ethyl adjacent to an activating group) is 2. The standard InChI is InChI=1S/C50H68F5N9O7/c1-28(2)19-35-43(68)63(7)37(21-30-20-32(51)14-15-34(30)31-23-57-61(5)24-31)42(67)60-47(3,4)45(70)56-18-9-8-11-36(40(65)58-35)62(6)44(69)39(29-12-13-29)59-41(66)38-22-33(52)25-64(38)46(71)49(50(53,54)55)26-48(27-49)16-10-17-48/h14-15,20,23-24,28-29,33,35-39H,8-13,16-19,21-22,25-27H2,1-7H3,(H,56,70)(H,58,65)(H,59,66)(H,60,67)/t33-,35+,36+,37+,38+,39+/m1/s1. The van der Waals surface area contributed by atoms with E-state index in [1.54, 1.807) is 30.2 Å².